The summed E-state index contributed by atoms with van der Waals surface area (Å²) in [6.07, 6.45) is 2.28. The van der Waals surface area contributed by atoms with Crippen LogP contribution in [0.4, 0.5) is 0 Å². The SMILES string of the molecule is CC(C)(C)OC(=O)[C@@]1(CO)CCC[C@H]1N. The Morgan fingerprint density at radius 1 is 1.60 bits per heavy atom. The van der Waals surface area contributed by atoms with Crippen molar-refractivity contribution in [3.8, 4) is 0 Å². The van der Waals surface area contributed by atoms with Crippen LogP contribution in [0.15, 0.2) is 0 Å². The molecule has 1 aliphatic carbocycles. The summed E-state index contributed by atoms with van der Waals surface area (Å²) in [7, 11) is 0. The molecule has 0 amide bonds. The zero-order valence-electron chi connectivity index (χ0n) is 9.75. The molecule has 0 saturated heterocycles. The van der Waals surface area contributed by atoms with Crippen LogP contribution in [0.5, 0.6) is 0 Å². The summed E-state index contributed by atoms with van der Waals surface area (Å²) in [5.41, 5.74) is 4.49. The summed E-state index contributed by atoms with van der Waals surface area (Å²) in [6, 6.07) is -0.280. The van der Waals surface area contributed by atoms with Gasteiger partial charge in [0.15, 0.2) is 0 Å². The van der Waals surface area contributed by atoms with Gasteiger partial charge in [-0.2, -0.15) is 0 Å². The molecule has 88 valence electrons. The third-order valence-corrected chi connectivity index (χ3v) is 2.94. The molecule has 1 saturated carbocycles. The number of esters is 1. The molecule has 0 heterocycles. The lowest BCUT2D eigenvalue weighted by Gasteiger charge is -2.32. The number of hydrogen-bond acceptors (Lipinski definition) is 4. The van der Waals surface area contributed by atoms with Gasteiger partial charge in [-0.3, -0.25) is 4.79 Å². The van der Waals surface area contributed by atoms with Crippen LogP contribution in [0.1, 0.15) is 40.0 Å². The topological polar surface area (TPSA) is 72.5 Å². The van der Waals surface area contributed by atoms with Crippen LogP contribution in [0.25, 0.3) is 0 Å². The van der Waals surface area contributed by atoms with Gasteiger partial charge in [-0.15, -0.1) is 0 Å². The van der Waals surface area contributed by atoms with Gasteiger partial charge in [0.25, 0.3) is 0 Å². The van der Waals surface area contributed by atoms with E-state index >= 15 is 0 Å². The fourth-order valence-electron chi connectivity index (χ4n) is 1.99. The van der Waals surface area contributed by atoms with Gasteiger partial charge >= 0.3 is 5.97 Å². The van der Waals surface area contributed by atoms with Crippen LogP contribution in [-0.4, -0.2) is 29.3 Å². The van der Waals surface area contributed by atoms with E-state index in [2.05, 4.69) is 0 Å². The molecule has 2 atom stereocenters. The summed E-state index contributed by atoms with van der Waals surface area (Å²) in [6.45, 7) is 5.23. The maximum Gasteiger partial charge on any atom is 0.316 e. The molecule has 0 unspecified atom stereocenters. The van der Waals surface area contributed by atoms with E-state index in [0.717, 1.165) is 12.8 Å². The highest BCUT2D eigenvalue weighted by molar-refractivity contribution is 5.78. The average molecular weight is 215 g/mol. The smallest absolute Gasteiger partial charge is 0.316 e. The number of aliphatic hydroxyl groups excluding tert-OH is 1. The Bertz CT molecular complexity index is 247. The van der Waals surface area contributed by atoms with E-state index in [9.17, 15) is 9.90 Å². The highest BCUT2D eigenvalue weighted by atomic mass is 16.6. The molecule has 1 rings (SSSR count). The number of nitrogens with two attached hydrogens (primary N) is 1. The normalized spacial score (nSPS) is 31.7. The molecule has 1 fully saturated rings. The maximum atomic E-state index is 12.0. The Kier molecular flexibility index (Phi) is 3.41. The minimum Gasteiger partial charge on any atom is -0.459 e. The Balaban J connectivity index is 2.79. The van der Waals surface area contributed by atoms with Crippen molar-refractivity contribution in [2.75, 3.05) is 6.61 Å². The Labute approximate surface area is 90.8 Å². The van der Waals surface area contributed by atoms with Crippen molar-refractivity contribution in [3.05, 3.63) is 0 Å². The van der Waals surface area contributed by atoms with Gasteiger partial charge in [0.1, 0.15) is 11.0 Å². The summed E-state index contributed by atoms with van der Waals surface area (Å²) < 4.78 is 5.31. The molecule has 15 heavy (non-hydrogen) atoms. The molecule has 0 radical (unpaired) electrons. The minimum absolute atomic E-state index is 0.219. The molecule has 4 heteroatoms. The van der Waals surface area contributed by atoms with E-state index < -0.39 is 11.0 Å². The van der Waals surface area contributed by atoms with Gasteiger partial charge < -0.3 is 15.6 Å². The molecule has 0 aliphatic heterocycles. The van der Waals surface area contributed by atoms with Gasteiger partial charge in [-0.05, 0) is 33.6 Å². The molecule has 0 bridgehead atoms. The number of rotatable bonds is 2. The van der Waals surface area contributed by atoms with E-state index in [1.165, 1.54) is 0 Å². The predicted molar refractivity (Wildman–Crippen MR) is 57.2 cm³/mol. The van der Waals surface area contributed by atoms with Crippen LogP contribution >= 0.6 is 0 Å². The lowest BCUT2D eigenvalue weighted by Crippen LogP contribution is -2.49. The summed E-state index contributed by atoms with van der Waals surface area (Å²) in [5, 5.41) is 9.37. The number of carbonyl (C=O) groups excluding carboxylic acids is 1. The van der Waals surface area contributed by atoms with Crippen LogP contribution in [-0.2, 0) is 9.53 Å². The third-order valence-electron chi connectivity index (χ3n) is 2.94. The largest absolute Gasteiger partial charge is 0.459 e. The molecule has 0 aromatic rings. The molecule has 0 aromatic heterocycles. The van der Waals surface area contributed by atoms with Gasteiger partial charge in [0.2, 0.25) is 0 Å². The van der Waals surface area contributed by atoms with E-state index in [-0.39, 0.29) is 18.6 Å². The molecule has 0 aromatic carbocycles. The lowest BCUT2D eigenvalue weighted by atomic mass is 9.83. The van der Waals surface area contributed by atoms with E-state index in [4.69, 9.17) is 10.5 Å². The number of aliphatic hydroxyl groups is 1. The van der Waals surface area contributed by atoms with Crippen LogP contribution < -0.4 is 5.73 Å². The number of ether oxygens (including phenoxy) is 1. The minimum atomic E-state index is -0.868. The van der Waals surface area contributed by atoms with E-state index in [0.29, 0.717) is 6.42 Å². The summed E-state index contributed by atoms with van der Waals surface area (Å²) >= 11 is 0. The molecule has 4 nitrogen and oxygen atoms in total. The predicted octanol–water partition coefficient (Wildman–Crippen LogP) is 0.818. The van der Waals surface area contributed by atoms with Gasteiger partial charge in [-0.25, -0.2) is 0 Å². The van der Waals surface area contributed by atoms with Crippen molar-refractivity contribution in [3.63, 3.8) is 0 Å². The third kappa shape index (κ3) is 2.49. The molecular formula is C11H21NO3. The van der Waals surface area contributed by atoms with Gasteiger partial charge in [-0.1, -0.05) is 6.42 Å². The maximum absolute atomic E-state index is 12.0. The van der Waals surface area contributed by atoms with Crippen molar-refractivity contribution < 1.29 is 14.6 Å². The standard InChI is InChI=1S/C11H21NO3/c1-10(2,3)15-9(14)11(7-13)6-4-5-8(11)12/h8,13H,4-7,12H2,1-3H3/t8-,11-/m1/s1. The fraction of sp³-hybridized carbons (Fsp3) is 0.909. The quantitative estimate of drug-likeness (QED) is 0.669. The monoisotopic (exact) mass is 215 g/mol. The number of hydrogen-bond donors (Lipinski definition) is 2. The zero-order chi connectivity index (χ0) is 11.7. The molecule has 0 spiro atoms. The van der Waals surface area contributed by atoms with Crippen LogP contribution in [0.2, 0.25) is 0 Å². The second-order valence-electron chi connectivity index (χ2n) is 5.31. The zero-order valence-corrected chi connectivity index (χ0v) is 9.75. The summed E-state index contributed by atoms with van der Waals surface area (Å²) in [5.74, 6) is -0.359. The second-order valence-corrected chi connectivity index (χ2v) is 5.31. The van der Waals surface area contributed by atoms with Crippen molar-refractivity contribution in [2.24, 2.45) is 11.1 Å². The van der Waals surface area contributed by atoms with Crippen LogP contribution in [0, 0.1) is 5.41 Å². The highest BCUT2D eigenvalue weighted by Gasteiger charge is 2.49. The fourth-order valence-corrected chi connectivity index (χ4v) is 1.99. The van der Waals surface area contributed by atoms with Crippen molar-refractivity contribution in [1.82, 2.24) is 0 Å². The van der Waals surface area contributed by atoms with Gasteiger partial charge in [0, 0.05) is 6.04 Å². The Morgan fingerprint density at radius 2 is 2.20 bits per heavy atom. The number of carbonyl (C=O) groups is 1. The first-order valence-electron chi connectivity index (χ1n) is 5.42. The van der Waals surface area contributed by atoms with Gasteiger partial charge in [0.05, 0.1) is 6.61 Å². The first-order valence-corrected chi connectivity index (χ1v) is 5.42. The van der Waals surface area contributed by atoms with Crippen molar-refractivity contribution in [1.29, 1.82) is 0 Å². The molecule has 1 aliphatic rings. The first-order chi connectivity index (χ1) is 6.82. The van der Waals surface area contributed by atoms with Crippen molar-refractivity contribution >= 4 is 5.97 Å². The first kappa shape index (κ1) is 12.5. The molecule has 3 N–H and O–H groups in total. The Hall–Kier alpha value is -0.610. The van der Waals surface area contributed by atoms with Crippen molar-refractivity contribution in [2.45, 2.75) is 51.7 Å². The molecular weight excluding hydrogens is 194 g/mol. The average Bonchev–Trinajstić information content (AvgIpc) is 2.44. The second kappa shape index (κ2) is 4.10. The van der Waals surface area contributed by atoms with E-state index in [1.807, 2.05) is 20.8 Å². The van der Waals surface area contributed by atoms with E-state index in [1.54, 1.807) is 0 Å². The summed E-state index contributed by atoms with van der Waals surface area (Å²) in [4.78, 5) is 12.0. The lowest BCUT2D eigenvalue weighted by molar-refractivity contribution is -0.170. The highest BCUT2D eigenvalue weighted by Crippen LogP contribution is 2.38. The van der Waals surface area contributed by atoms with Crippen LogP contribution in [0.3, 0.4) is 0 Å². The Morgan fingerprint density at radius 3 is 2.53 bits per heavy atom.